The van der Waals surface area contributed by atoms with Crippen LogP contribution < -0.4 is 9.47 Å². The maximum absolute atomic E-state index is 12.8. The van der Waals surface area contributed by atoms with Gasteiger partial charge in [0.25, 0.3) is 11.6 Å². The molecule has 7 nitrogen and oxygen atoms in total. The van der Waals surface area contributed by atoms with E-state index in [1.807, 2.05) is 42.6 Å². The van der Waals surface area contributed by atoms with Crippen molar-refractivity contribution in [1.82, 2.24) is 4.90 Å². The zero-order valence-electron chi connectivity index (χ0n) is 16.7. The minimum Gasteiger partial charge on any atom is -0.493 e. The molecule has 0 aliphatic rings. The van der Waals surface area contributed by atoms with E-state index < -0.39 is 4.92 Å². The predicted molar refractivity (Wildman–Crippen MR) is 115 cm³/mol. The Kier molecular flexibility index (Phi) is 7.03. The van der Waals surface area contributed by atoms with Crippen LogP contribution in [-0.4, -0.2) is 29.4 Å². The third kappa shape index (κ3) is 5.15. The average Bonchev–Trinajstić information content (AvgIpc) is 3.29. The van der Waals surface area contributed by atoms with Crippen molar-refractivity contribution in [2.75, 3.05) is 13.7 Å². The first-order valence-corrected chi connectivity index (χ1v) is 10.3. The molecular weight excluding hydrogens is 404 g/mol. The van der Waals surface area contributed by atoms with Gasteiger partial charge >= 0.3 is 0 Å². The Morgan fingerprint density at radius 3 is 2.50 bits per heavy atom. The molecule has 0 unspecified atom stereocenters. The van der Waals surface area contributed by atoms with Crippen LogP contribution in [0.2, 0.25) is 0 Å². The summed E-state index contributed by atoms with van der Waals surface area (Å²) in [5, 5.41) is 12.8. The minimum absolute atomic E-state index is 0.0440. The average molecular weight is 426 g/mol. The van der Waals surface area contributed by atoms with Crippen molar-refractivity contribution in [3.8, 4) is 11.5 Å². The molecule has 0 N–H and O–H groups in total. The van der Waals surface area contributed by atoms with Gasteiger partial charge in [-0.25, -0.2) is 0 Å². The Balaban J connectivity index is 1.71. The van der Waals surface area contributed by atoms with Gasteiger partial charge in [-0.15, -0.1) is 11.3 Å². The van der Waals surface area contributed by atoms with Crippen molar-refractivity contribution in [3.05, 3.63) is 86.1 Å². The molecular formula is C22H22N2O5S. The Morgan fingerprint density at radius 1 is 1.13 bits per heavy atom. The number of hydrogen-bond donors (Lipinski definition) is 0. The molecule has 2 aromatic carbocycles. The van der Waals surface area contributed by atoms with Gasteiger partial charge in [-0.05, 0) is 48.2 Å². The van der Waals surface area contributed by atoms with Crippen molar-refractivity contribution < 1.29 is 19.2 Å². The van der Waals surface area contributed by atoms with Crippen LogP contribution in [0, 0.1) is 10.1 Å². The van der Waals surface area contributed by atoms with Gasteiger partial charge in [0.15, 0.2) is 11.5 Å². The lowest BCUT2D eigenvalue weighted by Gasteiger charge is -2.22. The highest BCUT2D eigenvalue weighted by atomic mass is 32.1. The molecule has 1 amide bonds. The van der Waals surface area contributed by atoms with Crippen LogP contribution in [0.1, 0.15) is 27.7 Å². The first kappa shape index (κ1) is 21.3. The molecule has 3 rings (SSSR count). The van der Waals surface area contributed by atoms with Crippen molar-refractivity contribution >= 4 is 22.9 Å². The molecule has 0 spiro atoms. The molecule has 0 atom stereocenters. The van der Waals surface area contributed by atoms with E-state index in [2.05, 4.69) is 0 Å². The number of rotatable bonds is 9. The number of hydrogen-bond acceptors (Lipinski definition) is 6. The summed E-state index contributed by atoms with van der Waals surface area (Å²) in [5.74, 6) is 1.05. The monoisotopic (exact) mass is 426 g/mol. The van der Waals surface area contributed by atoms with Crippen LogP contribution in [0.15, 0.2) is 60.0 Å². The van der Waals surface area contributed by atoms with E-state index in [9.17, 15) is 14.9 Å². The van der Waals surface area contributed by atoms with E-state index in [1.165, 1.54) is 24.3 Å². The van der Waals surface area contributed by atoms with Crippen LogP contribution in [0.4, 0.5) is 5.69 Å². The van der Waals surface area contributed by atoms with Crippen molar-refractivity contribution in [2.24, 2.45) is 0 Å². The number of nitro groups is 1. The molecule has 0 bridgehead atoms. The smallest absolute Gasteiger partial charge is 0.269 e. The fourth-order valence-electron chi connectivity index (χ4n) is 2.93. The Morgan fingerprint density at radius 2 is 1.90 bits per heavy atom. The second-order valence-electron chi connectivity index (χ2n) is 6.48. The summed E-state index contributed by atoms with van der Waals surface area (Å²) in [6.07, 6.45) is 0. The van der Waals surface area contributed by atoms with Crippen molar-refractivity contribution in [1.29, 1.82) is 0 Å². The number of ether oxygens (including phenoxy) is 2. The molecule has 8 heteroatoms. The fourth-order valence-corrected chi connectivity index (χ4v) is 3.55. The number of amides is 1. The normalized spacial score (nSPS) is 10.5. The van der Waals surface area contributed by atoms with Gasteiger partial charge in [-0.2, -0.15) is 0 Å². The largest absolute Gasteiger partial charge is 0.493 e. The van der Waals surface area contributed by atoms with Gasteiger partial charge in [0, 0.05) is 35.7 Å². The van der Waals surface area contributed by atoms with Gasteiger partial charge in [-0.1, -0.05) is 12.1 Å². The van der Waals surface area contributed by atoms with E-state index >= 15 is 0 Å². The van der Waals surface area contributed by atoms with E-state index in [0.717, 1.165) is 10.4 Å². The van der Waals surface area contributed by atoms with Gasteiger partial charge in [-0.3, -0.25) is 14.9 Å². The highest BCUT2D eigenvalue weighted by Crippen LogP contribution is 2.30. The molecule has 0 fully saturated rings. The molecule has 156 valence electrons. The maximum atomic E-state index is 12.8. The Hall–Kier alpha value is -3.39. The lowest BCUT2D eigenvalue weighted by Crippen LogP contribution is -2.30. The minimum atomic E-state index is -0.486. The van der Waals surface area contributed by atoms with E-state index in [1.54, 1.807) is 23.3 Å². The lowest BCUT2D eigenvalue weighted by atomic mass is 10.1. The molecule has 0 radical (unpaired) electrons. The lowest BCUT2D eigenvalue weighted by molar-refractivity contribution is -0.384. The highest BCUT2D eigenvalue weighted by molar-refractivity contribution is 7.09. The number of carbonyl (C=O) groups is 1. The van der Waals surface area contributed by atoms with E-state index in [4.69, 9.17) is 9.47 Å². The first-order chi connectivity index (χ1) is 14.5. The molecule has 0 aliphatic heterocycles. The molecule has 1 aromatic heterocycles. The van der Waals surface area contributed by atoms with Crippen molar-refractivity contribution in [3.63, 3.8) is 0 Å². The zero-order valence-corrected chi connectivity index (χ0v) is 17.6. The molecule has 0 saturated carbocycles. The first-order valence-electron chi connectivity index (χ1n) is 9.37. The van der Waals surface area contributed by atoms with Crippen LogP contribution >= 0.6 is 11.3 Å². The highest BCUT2D eigenvalue weighted by Gasteiger charge is 2.17. The van der Waals surface area contributed by atoms with Gasteiger partial charge in [0.1, 0.15) is 6.61 Å². The molecule has 30 heavy (non-hydrogen) atoms. The van der Waals surface area contributed by atoms with Gasteiger partial charge < -0.3 is 14.4 Å². The quantitative estimate of drug-likeness (QED) is 0.359. The third-order valence-corrected chi connectivity index (χ3v) is 5.40. The van der Waals surface area contributed by atoms with Crippen LogP contribution in [0.25, 0.3) is 0 Å². The molecule has 3 aromatic rings. The summed E-state index contributed by atoms with van der Waals surface area (Å²) >= 11 is 1.63. The standard InChI is InChI=1S/C22H22N2O5S/c1-3-23(22(25)17-7-9-18(10-8-17)24(26)27)14-16-6-11-20(21(13-16)28-2)29-15-19-5-4-12-30-19/h4-13H,3,14-15H2,1-2H3. The van der Waals surface area contributed by atoms with E-state index in [0.29, 0.717) is 36.8 Å². The third-order valence-electron chi connectivity index (χ3n) is 4.55. The molecule has 0 saturated heterocycles. The van der Waals surface area contributed by atoms with Crippen molar-refractivity contribution in [2.45, 2.75) is 20.1 Å². The van der Waals surface area contributed by atoms with Crippen LogP contribution in [0.5, 0.6) is 11.5 Å². The number of methoxy groups -OCH3 is 1. The summed E-state index contributed by atoms with van der Waals surface area (Å²) in [4.78, 5) is 25.9. The maximum Gasteiger partial charge on any atom is 0.269 e. The summed E-state index contributed by atoms with van der Waals surface area (Å²) < 4.78 is 11.3. The topological polar surface area (TPSA) is 81.9 Å². The summed E-state index contributed by atoms with van der Waals surface area (Å²) in [7, 11) is 1.58. The predicted octanol–water partition coefficient (Wildman–Crippen LogP) is 4.91. The number of carbonyl (C=O) groups excluding carboxylic acids is 1. The summed E-state index contributed by atoms with van der Waals surface area (Å²) in [5.41, 5.74) is 1.26. The summed E-state index contributed by atoms with van der Waals surface area (Å²) in [6.45, 7) is 3.23. The Labute approximate surface area is 178 Å². The second-order valence-corrected chi connectivity index (χ2v) is 7.51. The zero-order chi connectivity index (χ0) is 21.5. The van der Waals surface area contributed by atoms with Crippen LogP contribution in [-0.2, 0) is 13.2 Å². The number of benzene rings is 2. The number of nitro benzene ring substituents is 1. The van der Waals surface area contributed by atoms with Gasteiger partial charge in [0.05, 0.1) is 12.0 Å². The fraction of sp³-hybridized carbons (Fsp3) is 0.227. The number of thiophene rings is 1. The second kappa shape index (κ2) is 9.89. The number of non-ortho nitro benzene ring substituents is 1. The SMILES string of the molecule is CCN(Cc1ccc(OCc2cccs2)c(OC)c1)C(=O)c1ccc([N+](=O)[O-])cc1. The molecule has 1 heterocycles. The van der Waals surface area contributed by atoms with Crippen LogP contribution in [0.3, 0.4) is 0 Å². The van der Waals surface area contributed by atoms with E-state index in [-0.39, 0.29) is 11.6 Å². The summed E-state index contributed by atoms with van der Waals surface area (Å²) in [6, 6.07) is 15.2. The number of nitrogens with zero attached hydrogens (tertiary/aromatic N) is 2. The molecule has 0 aliphatic carbocycles. The Bertz CT molecular complexity index is 1000. The van der Waals surface area contributed by atoms with Gasteiger partial charge in [0.2, 0.25) is 0 Å².